The van der Waals surface area contributed by atoms with E-state index in [9.17, 15) is 20.0 Å². The molecule has 0 unspecified atom stereocenters. The molecule has 0 saturated carbocycles. The summed E-state index contributed by atoms with van der Waals surface area (Å²) in [4.78, 5) is 24.8. The van der Waals surface area contributed by atoms with Gasteiger partial charge >= 0.3 is 5.91 Å². The number of carbonyl (C=O) groups excluding carboxylic acids is 1. The molecule has 1 heterocycles. The summed E-state index contributed by atoms with van der Waals surface area (Å²) in [7, 11) is 0. The highest BCUT2D eigenvalue weighted by atomic mass is 79.9. The smallest absolute Gasteiger partial charge is 0.302 e. The molecule has 0 radical (unpaired) electrons. The summed E-state index contributed by atoms with van der Waals surface area (Å²) in [6.45, 7) is -0.424. The Morgan fingerprint density at radius 3 is 2.74 bits per heavy atom. The SMILES string of the molecule is O=C(COc1ccc([N+](=O)[O-])cc1Br)N=Nc1c(O)[nH]c2ccc(Br)cc12. The molecule has 0 spiro atoms. The molecular weight excluding hydrogens is 488 g/mol. The molecule has 138 valence electrons. The van der Waals surface area contributed by atoms with Gasteiger partial charge in [-0.2, -0.15) is 0 Å². The van der Waals surface area contributed by atoms with Gasteiger partial charge in [0.15, 0.2) is 12.3 Å². The van der Waals surface area contributed by atoms with Crippen LogP contribution < -0.4 is 4.74 Å². The fourth-order valence-corrected chi connectivity index (χ4v) is 3.07. The molecule has 1 aromatic heterocycles. The minimum Gasteiger partial charge on any atom is -0.493 e. The number of nitrogens with one attached hydrogen (secondary N) is 1. The number of halogens is 2. The summed E-state index contributed by atoms with van der Waals surface area (Å²) >= 11 is 6.47. The van der Waals surface area contributed by atoms with E-state index in [1.807, 2.05) is 0 Å². The molecule has 0 atom stereocenters. The molecule has 0 aliphatic heterocycles. The van der Waals surface area contributed by atoms with E-state index >= 15 is 0 Å². The van der Waals surface area contributed by atoms with Crippen LogP contribution in [0.25, 0.3) is 10.9 Å². The van der Waals surface area contributed by atoms with E-state index in [2.05, 4.69) is 47.1 Å². The van der Waals surface area contributed by atoms with E-state index in [1.165, 1.54) is 18.2 Å². The van der Waals surface area contributed by atoms with Crippen LogP contribution in [-0.2, 0) is 4.79 Å². The number of aromatic nitrogens is 1. The van der Waals surface area contributed by atoms with Crippen molar-refractivity contribution in [2.75, 3.05) is 6.61 Å². The first-order valence-corrected chi connectivity index (χ1v) is 8.95. The lowest BCUT2D eigenvalue weighted by Crippen LogP contribution is -2.08. The largest absolute Gasteiger partial charge is 0.493 e. The number of aromatic amines is 1. The Morgan fingerprint density at radius 2 is 2.04 bits per heavy atom. The van der Waals surface area contributed by atoms with Gasteiger partial charge in [-0.25, -0.2) is 0 Å². The quantitative estimate of drug-likeness (QED) is 0.291. The first-order chi connectivity index (χ1) is 12.8. The number of fused-ring (bicyclic) bond motifs is 1. The number of carbonyl (C=O) groups is 1. The van der Waals surface area contributed by atoms with Gasteiger partial charge in [0, 0.05) is 22.0 Å². The summed E-state index contributed by atoms with van der Waals surface area (Å²) in [5.74, 6) is -0.647. The van der Waals surface area contributed by atoms with Crippen LogP contribution >= 0.6 is 31.9 Å². The molecule has 9 nitrogen and oxygen atoms in total. The molecule has 11 heteroatoms. The van der Waals surface area contributed by atoms with Crippen molar-refractivity contribution in [3.05, 3.63) is 55.5 Å². The van der Waals surface area contributed by atoms with E-state index in [4.69, 9.17) is 4.74 Å². The van der Waals surface area contributed by atoms with Crippen LogP contribution in [0.2, 0.25) is 0 Å². The third-order valence-electron chi connectivity index (χ3n) is 3.45. The van der Waals surface area contributed by atoms with E-state index in [-0.39, 0.29) is 23.0 Å². The molecule has 2 aromatic carbocycles. The number of amides is 1. The summed E-state index contributed by atoms with van der Waals surface area (Å²) in [5.41, 5.74) is 0.667. The van der Waals surface area contributed by atoms with Crippen LogP contribution in [0.3, 0.4) is 0 Å². The highest BCUT2D eigenvalue weighted by Gasteiger charge is 2.13. The summed E-state index contributed by atoms with van der Waals surface area (Å²) in [6, 6.07) is 9.16. The Labute approximate surface area is 168 Å². The van der Waals surface area contributed by atoms with Crippen LogP contribution in [0.5, 0.6) is 11.6 Å². The highest BCUT2D eigenvalue weighted by Crippen LogP contribution is 2.36. The normalized spacial score (nSPS) is 11.2. The number of azo groups is 1. The second-order valence-electron chi connectivity index (χ2n) is 5.27. The molecule has 0 saturated heterocycles. The maximum absolute atomic E-state index is 11.9. The van der Waals surface area contributed by atoms with Gasteiger partial charge in [-0.1, -0.05) is 15.9 Å². The van der Waals surface area contributed by atoms with Gasteiger partial charge in [0.2, 0.25) is 5.88 Å². The topological polar surface area (TPSA) is 130 Å². The summed E-state index contributed by atoms with van der Waals surface area (Å²) < 4.78 is 6.40. The Bertz CT molecular complexity index is 1080. The Kier molecular flexibility index (Phi) is 5.51. The molecule has 2 N–H and O–H groups in total. The first-order valence-electron chi connectivity index (χ1n) is 7.36. The fourth-order valence-electron chi connectivity index (χ4n) is 2.23. The molecule has 3 aromatic rings. The number of hydrogen-bond acceptors (Lipinski definition) is 6. The zero-order valence-corrected chi connectivity index (χ0v) is 16.5. The van der Waals surface area contributed by atoms with Crippen LogP contribution in [-0.4, -0.2) is 27.5 Å². The van der Waals surface area contributed by atoms with Crippen molar-refractivity contribution in [3.8, 4) is 11.6 Å². The molecular formula is C16H10Br2N4O5. The highest BCUT2D eigenvalue weighted by molar-refractivity contribution is 9.10. The maximum atomic E-state index is 11.9. The third-order valence-corrected chi connectivity index (χ3v) is 4.57. The fraction of sp³-hybridized carbons (Fsp3) is 0.0625. The lowest BCUT2D eigenvalue weighted by molar-refractivity contribution is -0.384. The molecule has 3 rings (SSSR count). The number of ether oxygens (including phenoxy) is 1. The van der Waals surface area contributed by atoms with Crippen LogP contribution in [0.15, 0.2) is 55.6 Å². The second-order valence-corrected chi connectivity index (χ2v) is 7.04. The van der Waals surface area contributed by atoms with E-state index in [1.54, 1.807) is 18.2 Å². The van der Waals surface area contributed by atoms with Gasteiger partial charge < -0.3 is 14.8 Å². The van der Waals surface area contributed by atoms with Gasteiger partial charge in [-0.05, 0) is 40.2 Å². The van der Waals surface area contributed by atoms with E-state index in [0.29, 0.717) is 15.4 Å². The lowest BCUT2D eigenvalue weighted by Gasteiger charge is -2.05. The zero-order chi connectivity index (χ0) is 19.6. The van der Waals surface area contributed by atoms with Gasteiger partial charge in [0.25, 0.3) is 5.69 Å². The predicted octanol–water partition coefficient (Wildman–Crippen LogP) is 5.00. The van der Waals surface area contributed by atoms with Crippen LogP contribution in [0.1, 0.15) is 0 Å². The minimum atomic E-state index is -0.691. The molecule has 0 aliphatic carbocycles. The lowest BCUT2D eigenvalue weighted by atomic mass is 10.2. The molecule has 0 bridgehead atoms. The number of benzene rings is 2. The zero-order valence-electron chi connectivity index (χ0n) is 13.3. The third kappa shape index (κ3) is 4.31. The van der Waals surface area contributed by atoms with Gasteiger partial charge in [-0.15, -0.1) is 10.2 Å². The van der Waals surface area contributed by atoms with Crippen molar-refractivity contribution in [2.45, 2.75) is 0 Å². The minimum absolute atomic E-state index is 0.110. The second kappa shape index (κ2) is 7.84. The molecule has 1 amide bonds. The number of non-ortho nitro benzene ring substituents is 1. The standard InChI is InChI=1S/C16H10Br2N4O5/c17-8-1-3-12-10(5-8)15(16(24)19-12)21-20-14(23)7-27-13-4-2-9(22(25)26)6-11(13)18/h1-6,19,24H,7H2. The number of aromatic hydroxyl groups is 1. The van der Waals surface area contributed by atoms with E-state index in [0.717, 1.165) is 4.47 Å². The van der Waals surface area contributed by atoms with Crippen molar-refractivity contribution >= 4 is 60.0 Å². The van der Waals surface area contributed by atoms with Crippen LogP contribution in [0.4, 0.5) is 11.4 Å². The molecule has 0 fully saturated rings. The van der Waals surface area contributed by atoms with Gasteiger partial charge in [-0.3, -0.25) is 14.9 Å². The van der Waals surface area contributed by atoms with Crippen molar-refractivity contribution in [1.29, 1.82) is 0 Å². The average molecular weight is 498 g/mol. The molecule has 0 aliphatic rings. The van der Waals surface area contributed by atoms with Crippen molar-refractivity contribution < 1.29 is 19.6 Å². The number of rotatable bonds is 5. The Balaban J connectivity index is 1.70. The number of nitro groups is 1. The summed E-state index contributed by atoms with van der Waals surface area (Å²) in [6.07, 6.45) is 0. The van der Waals surface area contributed by atoms with Crippen molar-refractivity contribution in [1.82, 2.24) is 4.98 Å². The number of H-pyrrole nitrogens is 1. The van der Waals surface area contributed by atoms with Crippen molar-refractivity contribution in [2.24, 2.45) is 10.2 Å². The monoisotopic (exact) mass is 496 g/mol. The van der Waals surface area contributed by atoms with Gasteiger partial charge in [0.05, 0.1) is 14.9 Å². The number of nitro benzene ring substituents is 1. The summed E-state index contributed by atoms with van der Waals surface area (Å²) in [5, 5.41) is 28.6. The van der Waals surface area contributed by atoms with Crippen molar-refractivity contribution in [3.63, 3.8) is 0 Å². The first kappa shape index (κ1) is 19.0. The van der Waals surface area contributed by atoms with Crippen LogP contribution in [0, 0.1) is 10.1 Å². The number of nitrogens with zero attached hydrogens (tertiary/aromatic N) is 3. The predicted molar refractivity (Wildman–Crippen MR) is 103 cm³/mol. The average Bonchev–Trinajstić information content (AvgIpc) is 2.93. The van der Waals surface area contributed by atoms with Gasteiger partial charge in [0.1, 0.15) is 5.75 Å². The Hall–Kier alpha value is -2.79. The molecule has 27 heavy (non-hydrogen) atoms. The Morgan fingerprint density at radius 1 is 1.26 bits per heavy atom. The van der Waals surface area contributed by atoms with E-state index < -0.39 is 17.4 Å². The maximum Gasteiger partial charge on any atom is 0.302 e. The number of hydrogen-bond donors (Lipinski definition) is 2.